The van der Waals surface area contributed by atoms with Crippen molar-refractivity contribution in [3.05, 3.63) is 75.8 Å². The molecular formula is C16H14Cl2N2. The van der Waals surface area contributed by atoms with Crippen molar-refractivity contribution >= 4 is 35.1 Å². The van der Waals surface area contributed by atoms with Crippen LogP contribution in [0.25, 0.3) is 6.08 Å². The number of nitrogens with two attached hydrogens (primary N) is 1. The van der Waals surface area contributed by atoms with Gasteiger partial charge in [-0.2, -0.15) is 0 Å². The fourth-order valence-electron chi connectivity index (χ4n) is 1.62. The van der Waals surface area contributed by atoms with Crippen LogP contribution in [0.2, 0.25) is 10.0 Å². The Labute approximate surface area is 128 Å². The van der Waals surface area contributed by atoms with Crippen LogP contribution in [0.1, 0.15) is 11.1 Å². The SMILES string of the molecule is NC(C=Cc1ccccc1)=NCc1ccc(Cl)c(Cl)c1. The van der Waals surface area contributed by atoms with Gasteiger partial charge >= 0.3 is 0 Å². The number of halogens is 2. The summed E-state index contributed by atoms with van der Waals surface area (Å²) in [6, 6.07) is 15.4. The van der Waals surface area contributed by atoms with E-state index in [0.717, 1.165) is 11.1 Å². The lowest BCUT2D eigenvalue weighted by atomic mass is 10.2. The first-order valence-electron chi connectivity index (χ1n) is 6.12. The van der Waals surface area contributed by atoms with Gasteiger partial charge in [-0.25, -0.2) is 0 Å². The summed E-state index contributed by atoms with van der Waals surface area (Å²) in [5.74, 6) is 0.472. The summed E-state index contributed by atoms with van der Waals surface area (Å²) in [5, 5.41) is 1.06. The van der Waals surface area contributed by atoms with Crippen LogP contribution in [-0.2, 0) is 6.54 Å². The van der Waals surface area contributed by atoms with Gasteiger partial charge in [-0.15, -0.1) is 0 Å². The van der Waals surface area contributed by atoms with Gasteiger partial charge in [0.25, 0.3) is 0 Å². The molecule has 0 unspecified atom stereocenters. The lowest BCUT2D eigenvalue weighted by Gasteiger charge is -2.00. The molecule has 0 atom stereocenters. The monoisotopic (exact) mass is 304 g/mol. The molecule has 0 radical (unpaired) electrons. The first kappa shape index (κ1) is 14.6. The molecule has 102 valence electrons. The minimum Gasteiger partial charge on any atom is -0.384 e. The average Bonchev–Trinajstić information content (AvgIpc) is 2.47. The van der Waals surface area contributed by atoms with E-state index in [0.29, 0.717) is 22.4 Å². The van der Waals surface area contributed by atoms with E-state index in [1.165, 1.54) is 0 Å². The normalized spacial score (nSPS) is 12.0. The van der Waals surface area contributed by atoms with Gasteiger partial charge in [0.15, 0.2) is 0 Å². The number of rotatable bonds is 4. The molecule has 2 rings (SSSR count). The third-order valence-corrected chi connectivity index (χ3v) is 3.41. The van der Waals surface area contributed by atoms with Crippen molar-refractivity contribution in [3.63, 3.8) is 0 Å². The van der Waals surface area contributed by atoms with Crippen molar-refractivity contribution in [2.75, 3.05) is 0 Å². The van der Waals surface area contributed by atoms with Crippen LogP contribution in [0, 0.1) is 0 Å². The molecular weight excluding hydrogens is 291 g/mol. The highest BCUT2D eigenvalue weighted by atomic mass is 35.5. The topological polar surface area (TPSA) is 38.4 Å². The van der Waals surface area contributed by atoms with E-state index in [9.17, 15) is 0 Å². The molecule has 2 nitrogen and oxygen atoms in total. The zero-order valence-corrected chi connectivity index (χ0v) is 12.3. The summed E-state index contributed by atoms with van der Waals surface area (Å²) in [4.78, 5) is 4.29. The lowest BCUT2D eigenvalue weighted by Crippen LogP contribution is -2.07. The van der Waals surface area contributed by atoms with Crippen LogP contribution in [-0.4, -0.2) is 5.84 Å². The Morgan fingerprint density at radius 1 is 1.05 bits per heavy atom. The number of hydrogen-bond donors (Lipinski definition) is 1. The van der Waals surface area contributed by atoms with Crippen LogP contribution in [0.4, 0.5) is 0 Å². The zero-order valence-electron chi connectivity index (χ0n) is 10.8. The number of benzene rings is 2. The van der Waals surface area contributed by atoms with Crippen molar-refractivity contribution in [1.82, 2.24) is 0 Å². The Morgan fingerprint density at radius 3 is 2.50 bits per heavy atom. The summed E-state index contributed by atoms with van der Waals surface area (Å²) < 4.78 is 0. The third kappa shape index (κ3) is 4.41. The second-order valence-electron chi connectivity index (χ2n) is 4.23. The molecule has 0 aliphatic heterocycles. The van der Waals surface area contributed by atoms with Crippen LogP contribution < -0.4 is 5.73 Å². The Bertz CT molecular complexity index is 634. The van der Waals surface area contributed by atoms with Crippen LogP contribution in [0.15, 0.2) is 59.6 Å². The maximum Gasteiger partial charge on any atom is 0.118 e. The molecule has 0 bridgehead atoms. The summed E-state index contributed by atoms with van der Waals surface area (Å²) in [7, 11) is 0. The Morgan fingerprint density at radius 2 is 1.80 bits per heavy atom. The van der Waals surface area contributed by atoms with E-state index in [4.69, 9.17) is 28.9 Å². The standard InChI is InChI=1S/C16H14Cl2N2/c17-14-8-6-13(10-15(14)18)11-20-16(19)9-7-12-4-2-1-3-5-12/h1-10H,11H2,(H2,19,20). The van der Waals surface area contributed by atoms with Gasteiger partial charge in [0.2, 0.25) is 0 Å². The molecule has 0 aromatic heterocycles. The minimum atomic E-state index is 0.472. The average molecular weight is 305 g/mol. The quantitative estimate of drug-likeness (QED) is 0.652. The lowest BCUT2D eigenvalue weighted by molar-refractivity contribution is 1.06. The highest BCUT2D eigenvalue weighted by molar-refractivity contribution is 6.42. The molecule has 0 aliphatic rings. The molecule has 0 aliphatic carbocycles. The van der Waals surface area contributed by atoms with E-state index in [1.54, 1.807) is 18.2 Å². The van der Waals surface area contributed by atoms with Gasteiger partial charge < -0.3 is 5.73 Å². The maximum atomic E-state index is 5.94. The molecule has 2 N–H and O–H groups in total. The van der Waals surface area contributed by atoms with Gasteiger partial charge in [0, 0.05) is 0 Å². The fraction of sp³-hybridized carbons (Fsp3) is 0.0625. The predicted octanol–water partition coefficient (Wildman–Crippen LogP) is 4.56. The van der Waals surface area contributed by atoms with E-state index in [2.05, 4.69) is 4.99 Å². The maximum absolute atomic E-state index is 5.94. The molecule has 2 aromatic carbocycles. The summed E-state index contributed by atoms with van der Waals surface area (Å²) in [6.45, 7) is 0.474. The molecule has 0 saturated carbocycles. The van der Waals surface area contributed by atoms with E-state index < -0.39 is 0 Å². The molecule has 0 heterocycles. The van der Waals surface area contributed by atoms with Crippen molar-refractivity contribution < 1.29 is 0 Å². The molecule has 0 saturated heterocycles. The first-order valence-corrected chi connectivity index (χ1v) is 6.88. The molecule has 0 fully saturated rings. The van der Waals surface area contributed by atoms with E-state index in [1.807, 2.05) is 42.5 Å². The first-order chi connectivity index (χ1) is 9.65. The van der Waals surface area contributed by atoms with Crippen LogP contribution in [0.3, 0.4) is 0 Å². The highest BCUT2D eigenvalue weighted by Crippen LogP contribution is 2.22. The number of aliphatic imine (C=N–C) groups is 1. The van der Waals surface area contributed by atoms with E-state index >= 15 is 0 Å². The van der Waals surface area contributed by atoms with Gasteiger partial charge in [-0.3, -0.25) is 4.99 Å². The molecule has 0 amide bonds. The second kappa shape index (κ2) is 7.13. The van der Waals surface area contributed by atoms with Gasteiger partial charge in [-0.05, 0) is 29.3 Å². The van der Waals surface area contributed by atoms with Crippen molar-refractivity contribution in [2.45, 2.75) is 6.54 Å². The van der Waals surface area contributed by atoms with Gasteiger partial charge in [-0.1, -0.05) is 65.7 Å². The zero-order chi connectivity index (χ0) is 14.4. The number of amidine groups is 1. The Balaban J connectivity index is 2.00. The van der Waals surface area contributed by atoms with E-state index in [-0.39, 0.29) is 0 Å². The van der Waals surface area contributed by atoms with Crippen molar-refractivity contribution in [2.24, 2.45) is 10.7 Å². The smallest absolute Gasteiger partial charge is 0.118 e. The molecule has 2 aromatic rings. The minimum absolute atomic E-state index is 0.472. The summed E-state index contributed by atoms with van der Waals surface area (Å²) >= 11 is 11.8. The predicted molar refractivity (Wildman–Crippen MR) is 87.3 cm³/mol. The van der Waals surface area contributed by atoms with Crippen molar-refractivity contribution in [3.8, 4) is 0 Å². The molecule has 4 heteroatoms. The highest BCUT2D eigenvalue weighted by Gasteiger charge is 1.98. The Hall–Kier alpha value is -1.77. The third-order valence-electron chi connectivity index (χ3n) is 2.67. The van der Waals surface area contributed by atoms with Gasteiger partial charge in [0.05, 0.1) is 16.6 Å². The largest absolute Gasteiger partial charge is 0.384 e. The van der Waals surface area contributed by atoms with Gasteiger partial charge in [0.1, 0.15) is 5.84 Å². The summed E-state index contributed by atoms with van der Waals surface area (Å²) in [6.07, 6.45) is 3.71. The summed E-state index contributed by atoms with van der Waals surface area (Å²) in [5.41, 5.74) is 7.89. The Kier molecular flexibility index (Phi) is 5.22. The molecule has 0 spiro atoms. The second-order valence-corrected chi connectivity index (χ2v) is 5.05. The number of nitrogens with zero attached hydrogens (tertiary/aromatic N) is 1. The fourth-order valence-corrected chi connectivity index (χ4v) is 1.94. The number of hydrogen-bond acceptors (Lipinski definition) is 1. The van der Waals surface area contributed by atoms with Crippen molar-refractivity contribution in [1.29, 1.82) is 0 Å². The van der Waals surface area contributed by atoms with Crippen LogP contribution in [0.5, 0.6) is 0 Å². The van der Waals surface area contributed by atoms with Crippen LogP contribution >= 0.6 is 23.2 Å². The molecule has 20 heavy (non-hydrogen) atoms.